The van der Waals surface area contributed by atoms with E-state index in [-0.39, 0.29) is 24.1 Å². The van der Waals surface area contributed by atoms with E-state index in [2.05, 4.69) is 15.5 Å². The molecule has 8 heteroatoms. The maximum atomic E-state index is 12.9. The minimum absolute atomic E-state index is 0.0192. The van der Waals surface area contributed by atoms with Crippen LogP contribution in [0.2, 0.25) is 0 Å². The molecule has 1 N–H and O–H groups in total. The number of fused-ring (bicyclic) bond motifs is 1. The molecule has 148 valence electrons. The largest absolute Gasteiger partial charge is 0.323 e. The highest BCUT2D eigenvalue weighted by Crippen LogP contribution is 2.31. The molecule has 2 aromatic carbocycles. The Labute approximate surface area is 173 Å². The zero-order chi connectivity index (χ0) is 20.4. The number of thioether (sulfide) groups is 1. The van der Waals surface area contributed by atoms with Crippen LogP contribution in [0, 0.1) is 6.92 Å². The molecule has 0 atom stereocenters. The van der Waals surface area contributed by atoms with Gasteiger partial charge in [-0.1, -0.05) is 48.2 Å². The normalized spacial score (nSPS) is 13.2. The summed E-state index contributed by atoms with van der Waals surface area (Å²) in [6.45, 7) is 4.79. The summed E-state index contributed by atoms with van der Waals surface area (Å²) >= 11 is 1.34. The van der Waals surface area contributed by atoms with Crippen LogP contribution >= 0.6 is 11.8 Å². The molecule has 1 aromatic heterocycles. The molecule has 1 aliphatic rings. The molecule has 0 radical (unpaired) electrons. The second-order valence-corrected chi connectivity index (χ2v) is 7.64. The Morgan fingerprint density at radius 2 is 1.90 bits per heavy atom. The van der Waals surface area contributed by atoms with Crippen LogP contribution in [0.3, 0.4) is 0 Å². The third-order valence-electron chi connectivity index (χ3n) is 4.82. The fraction of sp³-hybridized carbons (Fsp3) is 0.238. The summed E-state index contributed by atoms with van der Waals surface area (Å²) in [5, 5.41) is 12.2. The fourth-order valence-electron chi connectivity index (χ4n) is 3.36. The third kappa shape index (κ3) is 3.75. The molecule has 0 saturated carbocycles. The van der Waals surface area contributed by atoms with Gasteiger partial charge in [-0.05, 0) is 31.5 Å². The number of hydrogen-bond acceptors (Lipinski definition) is 5. The van der Waals surface area contributed by atoms with E-state index in [1.54, 1.807) is 6.07 Å². The van der Waals surface area contributed by atoms with E-state index >= 15 is 0 Å². The molecule has 2 heterocycles. The highest BCUT2D eigenvalue weighted by molar-refractivity contribution is 7.99. The number of aryl methyl sites for hydroxylation is 1. The number of nitrogens with zero attached hydrogens (tertiary/aromatic N) is 4. The summed E-state index contributed by atoms with van der Waals surface area (Å²) in [6, 6.07) is 15.3. The Bertz CT molecular complexity index is 1080. The molecule has 0 fully saturated rings. The van der Waals surface area contributed by atoms with Crippen LogP contribution in [0.1, 0.15) is 12.5 Å². The van der Waals surface area contributed by atoms with Gasteiger partial charge in [0.05, 0.1) is 17.1 Å². The first kappa shape index (κ1) is 19.2. The van der Waals surface area contributed by atoms with Crippen LogP contribution < -0.4 is 10.2 Å². The Balaban J connectivity index is 1.54. The standard InChI is InChI=1S/C21H21N5O2S/c1-3-25-20(15-9-5-4-8-14(15)2)23-24-21(25)29-13-19(28)26-12-18(27)22-16-10-6-7-11-17(16)26/h4-11H,3,12-13H2,1-2H3,(H,22,27). The number of carbonyl (C=O) groups excluding carboxylic acids is 2. The lowest BCUT2D eigenvalue weighted by atomic mass is 10.1. The monoisotopic (exact) mass is 407 g/mol. The van der Waals surface area contributed by atoms with Crippen molar-refractivity contribution >= 4 is 35.0 Å². The van der Waals surface area contributed by atoms with E-state index in [4.69, 9.17) is 0 Å². The molecule has 0 spiro atoms. The van der Waals surface area contributed by atoms with Crippen LogP contribution in [0.5, 0.6) is 0 Å². The predicted octanol–water partition coefficient (Wildman–Crippen LogP) is 3.35. The highest BCUT2D eigenvalue weighted by atomic mass is 32.2. The van der Waals surface area contributed by atoms with Crippen LogP contribution in [-0.2, 0) is 16.1 Å². The minimum atomic E-state index is -0.194. The highest BCUT2D eigenvalue weighted by Gasteiger charge is 2.27. The number of carbonyl (C=O) groups is 2. The summed E-state index contributed by atoms with van der Waals surface area (Å²) in [5.41, 5.74) is 3.52. The lowest BCUT2D eigenvalue weighted by Gasteiger charge is -2.29. The Kier molecular flexibility index (Phi) is 5.35. The number of aromatic nitrogens is 3. The molecule has 0 unspecified atom stereocenters. The van der Waals surface area contributed by atoms with E-state index < -0.39 is 0 Å². The Morgan fingerprint density at radius 1 is 1.14 bits per heavy atom. The second kappa shape index (κ2) is 8.08. The van der Waals surface area contributed by atoms with Gasteiger partial charge >= 0.3 is 0 Å². The van der Waals surface area contributed by atoms with E-state index in [1.807, 2.05) is 60.9 Å². The first-order chi connectivity index (χ1) is 14.1. The number of amides is 2. The van der Waals surface area contributed by atoms with E-state index in [0.717, 1.165) is 22.6 Å². The quantitative estimate of drug-likeness (QED) is 0.656. The molecule has 0 bridgehead atoms. The van der Waals surface area contributed by atoms with Crippen LogP contribution in [0.4, 0.5) is 11.4 Å². The van der Waals surface area contributed by atoms with Gasteiger partial charge in [0, 0.05) is 12.1 Å². The topological polar surface area (TPSA) is 80.1 Å². The summed E-state index contributed by atoms with van der Waals surface area (Å²) in [4.78, 5) is 26.4. The molecule has 3 aromatic rings. The van der Waals surface area contributed by atoms with Crippen LogP contribution in [-0.4, -0.2) is 38.9 Å². The van der Waals surface area contributed by atoms with Crippen molar-refractivity contribution < 1.29 is 9.59 Å². The number of nitrogens with one attached hydrogen (secondary N) is 1. The van der Waals surface area contributed by atoms with Gasteiger partial charge in [0.1, 0.15) is 6.54 Å². The molecule has 1 aliphatic heterocycles. The number of hydrogen-bond donors (Lipinski definition) is 1. The molecule has 0 aliphatic carbocycles. The van der Waals surface area contributed by atoms with Crippen molar-refractivity contribution in [1.82, 2.24) is 14.8 Å². The second-order valence-electron chi connectivity index (χ2n) is 6.70. The van der Waals surface area contributed by atoms with Crippen molar-refractivity contribution in [2.75, 3.05) is 22.5 Å². The molecular formula is C21H21N5O2S. The minimum Gasteiger partial charge on any atom is -0.323 e. The van der Waals surface area contributed by atoms with Gasteiger partial charge in [0.15, 0.2) is 11.0 Å². The first-order valence-corrected chi connectivity index (χ1v) is 10.4. The zero-order valence-corrected chi connectivity index (χ0v) is 17.1. The van der Waals surface area contributed by atoms with Gasteiger partial charge < -0.3 is 14.8 Å². The summed E-state index contributed by atoms with van der Waals surface area (Å²) < 4.78 is 2.01. The van der Waals surface area contributed by atoms with E-state index in [9.17, 15) is 9.59 Å². The smallest absolute Gasteiger partial charge is 0.244 e. The summed E-state index contributed by atoms with van der Waals surface area (Å²) in [5.74, 6) is 0.636. The maximum Gasteiger partial charge on any atom is 0.244 e. The molecule has 7 nitrogen and oxygen atoms in total. The predicted molar refractivity (Wildman–Crippen MR) is 114 cm³/mol. The van der Waals surface area contributed by atoms with E-state index in [0.29, 0.717) is 17.4 Å². The SMILES string of the molecule is CCn1c(SCC(=O)N2CC(=O)Nc3ccccc32)nnc1-c1ccccc1C. The lowest BCUT2D eigenvalue weighted by Crippen LogP contribution is -2.43. The molecule has 0 saturated heterocycles. The summed E-state index contributed by atoms with van der Waals surface area (Å²) in [6.07, 6.45) is 0. The number of benzene rings is 2. The number of anilines is 2. The average Bonchev–Trinajstić information content (AvgIpc) is 3.14. The number of para-hydroxylation sites is 2. The van der Waals surface area contributed by atoms with Gasteiger partial charge in [-0.2, -0.15) is 0 Å². The van der Waals surface area contributed by atoms with Crippen molar-refractivity contribution in [1.29, 1.82) is 0 Å². The van der Waals surface area contributed by atoms with E-state index in [1.165, 1.54) is 16.7 Å². The van der Waals surface area contributed by atoms with Gasteiger partial charge in [0.25, 0.3) is 0 Å². The molecular weight excluding hydrogens is 386 g/mol. The van der Waals surface area contributed by atoms with Gasteiger partial charge in [-0.25, -0.2) is 0 Å². The fourth-order valence-corrected chi connectivity index (χ4v) is 4.24. The Morgan fingerprint density at radius 3 is 2.69 bits per heavy atom. The van der Waals surface area contributed by atoms with Gasteiger partial charge in [-0.3, -0.25) is 9.59 Å². The zero-order valence-electron chi connectivity index (χ0n) is 16.3. The van der Waals surface area contributed by atoms with Crippen molar-refractivity contribution in [3.63, 3.8) is 0 Å². The summed E-state index contributed by atoms with van der Waals surface area (Å²) in [7, 11) is 0. The van der Waals surface area contributed by atoms with Crippen molar-refractivity contribution in [3.05, 3.63) is 54.1 Å². The average molecular weight is 407 g/mol. The van der Waals surface area contributed by atoms with Crippen LogP contribution in [0.25, 0.3) is 11.4 Å². The maximum absolute atomic E-state index is 12.9. The third-order valence-corrected chi connectivity index (χ3v) is 5.77. The van der Waals surface area contributed by atoms with Crippen molar-refractivity contribution in [2.45, 2.75) is 25.5 Å². The number of rotatable bonds is 5. The first-order valence-electron chi connectivity index (χ1n) is 9.39. The van der Waals surface area contributed by atoms with Crippen molar-refractivity contribution in [3.8, 4) is 11.4 Å². The van der Waals surface area contributed by atoms with Crippen LogP contribution in [0.15, 0.2) is 53.7 Å². The molecule has 2 amide bonds. The lowest BCUT2D eigenvalue weighted by molar-refractivity contribution is -0.120. The molecule has 29 heavy (non-hydrogen) atoms. The van der Waals surface area contributed by atoms with Gasteiger partial charge in [0.2, 0.25) is 11.8 Å². The van der Waals surface area contributed by atoms with Gasteiger partial charge in [-0.15, -0.1) is 10.2 Å². The Hall–Kier alpha value is -3.13. The molecule has 4 rings (SSSR count). The van der Waals surface area contributed by atoms with Crippen molar-refractivity contribution in [2.24, 2.45) is 0 Å².